The second-order valence-electron chi connectivity index (χ2n) is 6.35. The molecule has 1 unspecified atom stereocenters. The number of pyridine rings is 1. The van der Waals surface area contributed by atoms with Gasteiger partial charge in [-0.05, 0) is 32.3 Å². The largest absolute Gasteiger partial charge is 0.381 e. The summed E-state index contributed by atoms with van der Waals surface area (Å²) in [7, 11) is 0. The molecule has 1 atom stereocenters. The van der Waals surface area contributed by atoms with E-state index in [0.717, 1.165) is 45.6 Å². The van der Waals surface area contributed by atoms with Crippen LogP contribution in [0, 0.1) is 12.3 Å². The maximum absolute atomic E-state index is 12.4. The number of carbonyl (C=O) groups is 1. The maximum Gasteiger partial charge on any atom is 0.253 e. The summed E-state index contributed by atoms with van der Waals surface area (Å²) in [6.07, 6.45) is 4.92. The van der Waals surface area contributed by atoms with E-state index in [2.05, 4.69) is 0 Å². The Kier molecular flexibility index (Phi) is 3.85. The van der Waals surface area contributed by atoms with Crippen LogP contribution in [0.2, 0.25) is 0 Å². The van der Waals surface area contributed by atoms with E-state index in [0.29, 0.717) is 5.56 Å². The van der Waals surface area contributed by atoms with E-state index >= 15 is 0 Å². The van der Waals surface area contributed by atoms with Gasteiger partial charge >= 0.3 is 0 Å². The van der Waals surface area contributed by atoms with Gasteiger partial charge in [0, 0.05) is 36.9 Å². The van der Waals surface area contributed by atoms with Crippen LogP contribution in [0.4, 0.5) is 0 Å². The van der Waals surface area contributed by atoms with Crippen LogP contribution in [-0.4, -0.2) is 41.7 Å². The average molecular weight is 290 g/mol. The van der Waals surface area contributed by atoms with Crippen LogP contribution in [-0.2, 0) is 16.1 Å². The second-order valence-corrected chi connectivity index (χ2v) is 6.35. The third kappa shape index (κ3) is 2.88. The molecule has 1 spiro atoms. The Bertz CT molecular complexity index is 587. The highest BCUT2D eigenvalue weighted by Crippen LogP contribution is 2.37. The molecule has 1 aromatic heterocycles. The molecule has 2 fully saturated rings. The Balaban J connectivity index is 1.67. The van der Waals surface area contributed by atoms with Crippen LogP contribution in [0.25, 0.3) is 0 Å². The minimum absolute atomic E-state index is 0.0325. The predicted octanol–water partition coefficient (Wildman–Crippen LogP) is 1.19. The van der Waals surface area contributed by atoms with Gasteiger partial charge in [0.05, 0.1) is 6.61 Å². The molecule has 5 heteroatoms. The molecule has 2 aliphatic heterocycles. The maximum atomic E-state index is 12.4. The fourth-order valence-corrected chi connectivity index (χ4v) is 3.41. The van der Waals surface area contributed by atoms with E-state index in [9.17, 15) is 9.59 Å². The second kappa shape index (κ2) is 5.64. The van der Waals surface area contributed by atoms with Crippen molar-refractivity contribution < 1.29 is 9.53 Å². The SMILES string of the molecule is Cc1cccn(CC(=O)N2CCC3(CCCOC3)C2)c1=O. The Morgan fingerprint density at radius 1 is 1.43 bits per heavy atom. The summed E-state index contributed by atoms with van der Waals surface area (Å²) in [6.45, 7) is 5.07. The quantitative estimate of drug-likeness (QED) is 0.822. The first kappa shape index (κ1) is 14.3. The Hall–Kier alpha value is -1.62. The van der Waals surface area contributed by atoms with Crippen molar-refractivity contribution in [3.05, 3.63) is 34.2 Å². The first-order valence-electron chi connectivity index (χ1n) is 7.61. The van der Waals surface area contributed by atoms with Crippen molar-refractivity contribution in [2.45, 2.75) is 32.7 Å². The molecule has 1 amide bonds. The molecular formula is C16H22N2O3. The summed E-state index contributed by atoms with van der Waals surface area (Å²) in [5.41, 5.74) is 0.746. The zero-order valence-electron chi connectivity index (χ0n) is 12.5. The fourth-order valence-electron chi connectivity index (χ4n) is 3.41. The molecule has 0 aliphatic carbocycles. The highest BCUT2D eigenvalue weighted by atomic mass is 16.5. The molecule has 0 radical (unpaired) electrons. The van der Waals surface area contributed by atoms with Gasteiger partial charge in [0.2, 0.25) is 5.91 Å². The molecule has 3 rings (SSSR count). The molecule has 3 heterocycles. The minimum Gasteiger partial charge on any atom is -0.381 e. The lowest BCUT2D eigenvalue weighted by Crippen LogP contribution is -2.39. The summed E-state index contributed by atoms with van der Waals surface area (Å²) < 4.78 is 7.10. The Labute approximate surface area is 124 Å². The van der Waals surface area contributed by atoms with Gasteiger partial charge in [0.1, 0.15) is 6.54 Å². The third-order valence-electron chi connectivity index (χ3n) is 4.71. The van der Waals surface area contributed by atoms with Gasteiger partial charge in [0.15, 0.2) is 0 Å². The normalized spacial score (nSPS) is 25.5. The number of likely N-dealkylation sites (tertiary alicyclic amines) is 1. The number of carbonyl (C=O) groups excluding carboxylic acids is 1. The van der Waals surface area contributed by atoms with Crippen LogP contribution < -0.4 is 5.56 Å². The highest BCUT2D eigenvalue weighted by molar-refractivity contribution is 5.76. The number of aryl methyl sites for hydroxylation is 1. The van der Waals surface area contributed by atoms with Gasteiger partial charge in [-0.25, -0.2) is 0 Å². The van der Waals surface area contributed by atoms with E-state index in [1.807, 2.05) is 11.0 Å². The topological polar surface area (TPSA) is 51.5 Å². The highest BCUT2D eigenvalue weighted by Gasteiger charge is 2.41. The molecule has 2 aliphatic rings. The van der Waals surface area contributed by atoms with Gasteiger partial charge in [-0.3, -0.25) is 9.59 Å². The van der Waals surface area contributed by atoms with Gasteiger partial charge in [-0.2, -0.15) is 0 Å². The summed E-state index contributed by atoms with van der Waals surface area (Å²) >= 11 is 0. The lowest BCUT2D eigenvalue weighted by molar-refractivity contribution is -0.131. The van der Waals surface area contributed by atoms with E-state index in [-0.39, 0.29) is 23.4 Å². The first-order valence-corrected chi connectivity index (χ1v) is 7.61. The summed E-state index contributed by atoms with van der Waals surface area (Å²) in [4.78, 5) is 26.3. The summed E-state index contributed by atoms with van der Waals surface area (Å²) in [5.74, 6) is 0.0325. The van der Waals surface area contributed by atoms with Crippen molar-refractivity contribution >= 4 is 5.91 Å². The lowest BCUT2D eigenvalue weighted by atomic mass is 9.82. The number of amides is 1. The van der Waals surface area contributed by atoms with Crippen LogP contribution in [0.3, 0.4) is 0 Å². The van der Waals surface area contributed by atoms with Crippen molar-refractivity contribution in [2.24, 2.45) is 5.41 Å². The molecule has 114 valence electrons. The molecule has 1 aromatic rings. The minimum atomic E-state index is -0.0826. The number of aromatic nitrogens is 1. The van der Waals surface area contributed by atoms with Crippen LogP contribution >= 0.6 is 0 Å². The fraction of sp³-hybridized carbons (Fsp3) is 0.625. The molecule has 0 N–H and O–H groups in total. The number of hydrogen-bond donors (Lipinski definition) is 0. The zero-order valence-corrected chi connectivity index (χ0v) is 12.5. The van der Waals surface area contributed by atoms with Crippen LogP contribution in [0.1, 0.15) is 24.8 Å². The van der Waals surface area contributed by atoms with Crippen LogP contribution in [0.15, 0.2) is 23.1 Å². The van der Waals surface area contributed by atoms with Gasteiger partial charge < -0.3 is 14.2 Å². The molecule has 21 heavy (non-hydrogen) atoms. The van der Waals surface area contributed by atoms with E-state index < -0.39 is 0 Å². The predicted molar refractivity (Wildman–Crippen MR) is 79.1 cm³/mol. The van der Waals surface area contributed by atoms with Crippen molar-refractivity contribution in [3.63, 3.8) is 0 Å². The van der Waals surface area contributed by atoms with Gasteiger partial charge in [-0.1, -0.05) is 6.07 Å². The Morgan fingerprint density at radius 2 is 2.29 bits per heavy atom. The molecular weight excluding hydrogens is 268 g/mol. The van der Waals surface area contributed by atoms with E-state index in [1.165, 1.54) is 4.57 Å². The smallest absolute Gasteiger partial charge is 0.253 e. The van der Waals surface area contributed by atoms with Crippen molar-refractivity contribution in [1.82, 2.24) is 9.47 Å². The van der Waals surface area contributed by atoms with E-state index in [4.69, 9.17) is 4.74 Å². The van der Waals surface area contributed by atoms with E-state index in [1.54, 1.807) is 19.2 Å². The number of hydrogen-bond acceptors (Lipinski definition) is 3. The summed E-state index contributed by atoms with van der Waals surface area (Å²) in [5, 5.41) is 0. The third-order valence-corrected chi connectivity index (χ3v) is 4.71. The zero-order chi connectivity index (χ0) is 14.9. The monoisotopic (exact) mass is 290 g/mol. The molecule has 0 saturated carbocycles. The molecule has 0 bridgehead atoms. The average Bonchev–Trinajstić information content (AvgIpc) is 2.88. The number of rotatable bonds is 2. The van der Waals surface area contributed by atoms with Crippen molar-refractivity contribution in [1.29, 1.82) is 0 Å². The van der Waals surface area contributed by atoms with Gasteiger partial charge in [0.25, 0.3) is 5.56 Å². The lowest BCUT2D eigenvalue weighted by Gasteiger charge is -2.33. The van der Waals surface area contributed by atoms with Crippen molar-refractivity contribution in [2.75, 3.05) is 26.3 Å². The molecule has 0 aromatic carbocycles. The van der Waals surface area contributed by atoms with Crippen LogP contribution in [0.5, 0.6) is 0 Å². The first-order chi connectivity index (χ1) is 10.1. The number of ether oxygens (including phenoxy) is 1. The summed E-state index contributed by atoms with van der Waals surface area (Å²) in [6, 6.07) is 3.58. The standard InChI is InChI=1S/C16H22N2O3/c1-13-4-2-7-17(15(13)20)10-14(19)18-8-6-16(11-18)5-3-9-21-12-16/h2,4,7H,3,5-6,8-12H2,1H3. The van der Waals surface area contributed by atoms with Crippen molar-refractivity contribution in [3.8, 4) is 0 Å². The molecule has 5 nitrogen and oxygen atoms in total. The van der Waals surface area contributed by atoms with Gasteiger partial charge in [-0.15, -0.1) is 0 Å². The Morgan fingerprint density at radius 3 is 3.05 bits per heavy atom. The molecule has 2 saturated heterocycles. The number of nitrogens with zero attached hydrogens (tertiary/aromatic N) is 2.